The largest absolute Gasteiger partial charge is 0.462 e. The average molecular weight is 638 g/mol. The number of likely N-dealkylation sites (tertiary alicyclic amines) is 1. The number of nitrogens with zero attached hydrogens (tertiary/aromatic N) is 1. The van der Waals surface area contributed by atoms with Gasteiger partial charge in [0.2, 0.25) is 0 Å². The maximum atomic E-state index is 14.8. The standard InChI is InChI=1S/C37H51NO8/c1-20-9-10-24-26(20)29-27(25(44-21(2)39)17-34(24,4)42)37(32(41)46-29)19-36-14-13-33(37,3)30(36)28-22(11-12-35(36,5)43)23(31(40)45-28)18-38-15-7-6-8-16-38/h9,13-14,22-30,42-43H,6-8,10-12,15-19H2,1-5H3/t22?,23-,24?,25?,26?,27?,28-,29+,30?,33?,34+,35+,36-,37-/m0/s1. The number of piperidine rings is 1. The third kappa shape index (κ3) is 3.82. The number of hydrogen-bond acceptors (Lipinski definition) is 9. The topological polar surface area (TPSA) is 123 Å². The molecular weight excluding hydrogens is 586 g/mol. The lowest BCUT2D eigenvalue weighted by Crippen LogP contribution is -2.53. The lowest BCUT2D eigenvalue weighted by Gasteiger charge is -2.46. The molecule has 6 fully saturated rings. The molecule has 7 unspecified atom stereocenters. The third-order valence-corrected chi connectivity index (χ3v) is 14.8. The highest BCUT2D eigenvalue weighted by atomic mass is 16.6. The minimum atomic E-state index is -1.17. The fourth-order valence-corrected chi connectivity index (χ4v) is 12.7. The molecule has 0 aromatic rings. The molecule has 1 spiro atoms. The van der Waals surface area contributed by atoms with Crippen LogP contribution in [-0.4, -0.2) is 82.2 Å². The molecule has 9 nitrogen and oxygen atoms in total. The predicted octanol–water partition coefficient (Wildman–Crippen LogP) is 3.95. The SMILES string of the molecule is CC(=O)OC1C[C@@](C)(O)C2CC=C(C)C2[C@H]2OC(=O)[C@]3(C[C@@]45C=CC3(C)C4[C@H]3OC(=O)[C@@H](CN4CCCCC4)C3CC[C@@]5(C)O)C12. The number of esters is 3. The first kappa shape index (κ1) is 31.1. The Morgan fingerprint density at radius 3 is 2.52 bits per heavy atom. The molecule has 14 atom stereocenters. The van der Waals surface area contributed by atoms with Gasteiger partial charge in [0.15, 0.2) is 0 Å². The van der Waals surface area contributed by atoms with E-state index < -0.39 is 57.6 Å². The molecule has 0 radical (unpaired) electrons. The number of fused-ring (bicyclic) bond motifs is 6. The summed E-state index contributed by atoms with van der Waals surface area (Å²) >= 11 is 0. The molecule has 8 rings (SSSR count). The zero-order valence-corrected chi connectivity index (χ0v) is 28.0. The van der Waals surface area contributed by atoms with Crippen molar-refractivity contribution >= 4 is 17.9 Å². The summed E-state index contributed by atoms with van der Waals surface area (Å²) in [5.74, 6) is -2.54. The minimum absolute atomic E-state index is 0.0705. The van der Waals surface area contributed by atoms with Crippen LogP contribution in [0.4, 0.5) is 0 Å². The van der Waals surface area contributed by atoms with E-state index in [0.717, 1.165) is 31.5 Å². The van der Waals surface area contributed by atoms with Crippen LogP contribution < -0.4 is 0 Å². The van der Waals surface area contributed by atoms with Gasteiger partial charge in [-0.25, -0.2) is 0 Å². The van der Waals surface area contributed by atoms with Crippen LogP contribution in [-0.2, 0) is 28.6 Å². The van der Waals surface area contributed by atoms with Gasteiger partial charge in [-0.05, 0) is 72.4 Å². The molecule has 3 saturated carbocycles. The highest BCUT2D eigenvalue weighted by Gasteiger charge is 2.85. The second-order valence-corrected chi connectivity index (χ2v) is 17.0. The molecule has 2 N–H and O–H groups in total. The Morgan fingerprint density at radius 1 is 1.07 bits per heavy atom. The number of carbonyl (C=O) groups is 3. The molecule has 2 bridgehead atoms. The van der Waals surface area contributed by atoms with E-state index in [1.165, 1.54) is 13.3 Å². The van der Waals surface area contributed by atoms with Crippen LogP contribution in [0.15, 0.2) is 23.8 Å². The Bertz CT molecular complexity index is 1410. The molecule has 3 aliphatic heterocycles. The summed E-state index contributed by atoms with van der Waals surface area (Å²) < 4.78 is 19.1. The second kappa shape index (κ2) is 9.91. The summed E-state index contributed by atoms with van der Waals surface area (Å²) in [5, 5.41) is 24.5. The molecule has 0 aromatic heterocycles. The summed E-state index contributed by atoms with van der Waals surface area (Å²) in [5.41, 5.74) is -4.06. The van der Waals surface area contributed by atoms with E-state index in [1.54, 1.807) is 0 Å². The molecule has 0 amide bonds. The number of rotatable bonds is 3. The quantitative estimate of drug-likeness (QED) is 0.269. The van der Waals surface area contributed by atoms with Gasteiger partial charge < -0.3 is 29.3 Å². The third-order valence-electron chi connectivity index (χ3n) is 14.8. The number of carbonyl (C=O) groups excluding carboxylic acids is 3. The summed E-state index contributed by atoms with van der Waals surface area (Å²) in [6, 6.07) is 0. The number of allylic oxidation sites excluding steroid dienone is 2. The molecule has 3 heterocycles. The Hall–Kier alpha value is -2.23. The van der Waals surface area contributed by atoms with Crippen molar-refractivity contribution in [1.82, 2.24) is 4.90 Å². The predicted molar refractivity (Wildman–Crippen MR) is 167 cm³/mol. The number of hydrogen-bond donors (Lipinski definition) is 2. The molecule has 9 heteroatoms. The van der Waals surface area contributed by atoms with Gasteiger partial charge in [0.1, 0.15) is 18.3 Å². The normalized spacial score (nSPS) is 53.9. The molecule has 3 saturated heterocycles. The van der Waals surface area contributed by atoms with E-state index >= 15 is 0 Å². The van der Waals surface area contributed by atoms with Crippen molar-refractivity contribution in [2.75, 3.05) is 19.6 Å². The summed E-state index contributed by atoms with van der Waals surface area (Å²) in [6.07, 6.45) is 10.4. The molecule has 252 valence electrons. The maximum absolute atomic E-state index is 14.8. The summed E-state index contributed by atoms with van der Waals surface area (Å²) in [7, 11) is 0. The van der Waals surface area contributed by atoms with E-state index in [-0.39, 0.29) is 47.9 Å². The Morgan fingerprint density at radius 2 is 1.80 bits per heavy atom. The lowest BCUT2D eigenvalue weighted by atomic mass is 9.54. The first-order valence-corrected chi connectivity index (χ1v) is 17.8. The van der Waals surface area contributed by atoms with E-state index in [4.69, 9.17) is 14.2 Å². The maximum Gasteiger partial charge on any atom is 0.313 e. The summed E-state index contributed by atoms with van der Waals surface area (Å²) in [6.45, 7) is 11.9. The monoisotopic (exact) mass is 637 g/mol. The van der Waals surface area contributed by atoms with Crippen molar-refractivity contribution in [3.8, 4) is 0 Å². The molecule has 5 aliphatic carbocycles. The highest BCUT2D eigenvalue weighted by molar-refractivity contribution is 5.84. The highest BCUT2D eigenvalue weighted by Crippen LogP contribution is 2.80. The Balaban J connectivity index is 1.26. The van der Waals surface area contributed by atoms with Crippen molar-refractivity contribution in [1.29, 1.82) is 0 Å². The van der Waals surface area contributed by atoms with E-state index in [2.05, 4.69) is 30.1 Å². The number of aliphatic hydroxyl groups is 2. The zero-order valence-electron chi connectivity index (χ0n) is 28.0. The van der Waals surface area contributed by atoms with Crippen LogP contribution in [0.3, 0.4) is 0 Å². The first-order chi connectivity index (χ1) is 21.7. The molecule has 0 aromatic carbocycles. The zero-order chi connectivity index (χ0) is 32.6. The van der Waals surface area contributed by atoms with Gasteiger partial charge in [0, 0.05) is 54.4 Å². The molecule has 46 heavy (non-hydrogen) atoms. The fourth-order valence-electron chi connectivity index (χ4n) is 12.7. The van der Waals surface area contributed by atoms with Crippen LogP contribution >= 0.6 is 0 Å². The van der Waals surface area contributed by atoms with Crippen LogP contribution in [0, 0.1) is 51.8 Å². The van der Waals surface area contributed by atoms with Gasteiger partial charge >= 0.3 is 17.9 Å². The van der Waals surface area contributed by atoms with Gasteiger partial charge in [0.05, 0.1) is 28.5 Å². The van der Waals surface area contributed by atoms with Gasteiger partial charge in [-0.2, -0.15) is 0 Å². The van der Waals surface area contributed by atoms with Crippen molar-refractivity contribution in [3.63, 3.8) is 0 Å². The minimum Gasteiger partial charge on any atom is -0.462 e. The van der Waals surface area contributed by atoms with Crippen LogP contribution in [0.25, 0.3) is 0 Å². The van der Waals surface area contributed by atoms with E-state index in [1.807, 2.05) is 20.8 Å². The molecule has 8 aliphatic rings. The molecular formula is C37H51NO8. The lowest BCUT2D eigenvalue weighted by molar-refractivity contribution is -0.165. The van der Waals surface area contributed by atoms with Gasteiger partial charge in [-0.15, -0.1) is 0 Å². The second-order valence-electron chi connectivity index (χ2n) is 17.0. The Labute approximate surface area is 272 Å². The van der Waals surface area contributed by atoms with Gasteiger partial charge in [-0.1, -0.05) is 37.1 Å². The van der Waals surface area contributed by atoms with Gasteiger partial charge in [-0.3, -0.25) is 14.4 Å². The van der Waals surface area contributed by atoms with Crippen molar-refractivity contribution < 1.29 is 38.8 Å². The van der Waals surface area contributed by atoms with Crippen LogP contribution in [0.2, 0.25) is 0 Å². The van der Waals surface area contributed by atoms with Crippen molar-refractivity contribution in [2.45, 2.75) is 115 Å². The Kier molecular flexibility index (Phi) is 6.69. The van der Waals surface area contributed by atoms with Crippen molar-refractivity contribution in [3.05, 3.63) is 23.8 Å². The average Bonchev–Trinajstić information content (AvgIpc) is 3.70. The van der Waals surface area contributed by atoms with E-state index in [0.29, 0.717) is 32.2 Å². The number of ether oxygens (including phenoxy) is 3. The summed E-state index contributed by atoms with van der Waals surface area (Å²) in [4.78, 5) is 43.6. The fraction of sp³-hybridized carbons (Fsp3) is 0.811. The van der Waals surface area contributed by atoms with Crippen LogP contribution in [0.1, 0.15) is 86.0 Å². The first-order valence-electron chi connectivity index (χ1n) is 17.8. The van der Waals surface area contributed by atoms with Gasteiger partial charge in [0.25, 0.3) is 0 Å². The van der Waals surface area contributed by atoms with E-state index in [9.17, 15) is 24.6 Å². The van der Waals surface area contributed by atoms with Crippen LogP contribution in [0.5, 0.6) is 0 Å². The van der Waals surface area contributed by atoms with Crippen molar-refractivity contribution in [2.24, 2.45) is 51.8 Å². The smallest absolute Gasteiger partial charge is 0.313 e.